The summed E-state index contributed by atoms with van der Waals surface area (Å²) < 4.78 is 0. The first kappa shape index (κ1) is 21.3. The molecule has 0 radical (unpaired) electrons. The predicted octanol–water partition coefficient (Wildman–Crippen LogP) is 2.64. The molecular formula is C24H30N4O3. The number of carbonyl (C=O) groups excluding carboxylic acids is 2. The van der Waals surface area contributed by atoms with Gasteiger partial charge in [-0.3, -0.25) is 14.4 Å². The van der Waals surface area contributed by atoms with E-state index in [2.05, 4.69) is 4.98 Å². The summed E-state index contributed by atoms with van der Waals surface area (Å²) in [6, 6.07) is 7.49. The predicted molar refractivity (Wildman–Crippen MR) is 118 cm³/mol. The second-order valence-electron chi connectivity index (χ2n) is 9.00. The lowest BCUT2D eigenvalue weighted by Gasteiger charge is -2.34. The van der Waals surface area contributed by atoms with Gasteiger partial charge in [0.1, 0.15) is 5.82 Å². The highest BCUT2D eigenvalue weighted by atomic mass is 16.2. The number of H-pyrrole nitrogens is 1. The fourth-order valence-corrected chi connectivity index (χ4v) is 4.46. The van der Waals surface area contributed by atoms with Crippen LogP contribution in [0.1, 0.15) is 65.6 Å². The zero-order valence-electron chi connectivity index (χ0n) is 18.5. The van der Waals surface area contributed by atoms with E-state index in [9.17, 15) is 14.4 Å². The first-order valence-corrected chi connectivity index (χ1v) is 11.1. The Kier molecular flexibility index (Phi) is 5.94. The highest BCUT2D eigenvalue weighted by Gasteiger charge is 2.30. The van der Waals surface area contributed by atoms with Crippen molar-refractivity contribution in [3.63, 3.8) is 0 Å². The van der Waals surface area contributed by atoms with Crippen molar-refractivity contribution in [2.45, 2.75) is 52.5 Å². The number of nitrogens with zero attached hydrogens (tertiary/aromatic N) is 3. The number of aryl methyl sites for hydroxylation is 1. The molecule has 7 nitrogen and oxygen atoms in total. The van der Waals surface area contributed by atoms with Gasteiger partial charge in [0.25, 0.3) is 11.5 Å². The standard InChI is InChI=1S/C24H30N4O3/c1-15(2)23(30)27-11-4-5-18(13-27)21-25-20-10-12-28(14-19(20)22(29)26-21)24(31)17-8-6-16(3)7-9-17/h6-9,15,18H,4-5,10-14H2,1-3H3,(H,25,26,29)/t18-/m1/s1. The Bertz CT molecular complexity index is 1040. The molecule has 1 saturated heterocycles. The maximum Gasteiger partial charge on any atom is 0.256 e. The van der Waals surface area contributed by atoms with Crippen LogP contribution in [0.15, 0.2) is 29.1 Å². The van der Waals surface area contributed by atoms with Gasteiger partial charge in [-0.1, -0.05) is 31.5 Å². The monoisotopic (exact) mass is 422 g/mol. The molecule has 0 bridgehead atoms. The van der Waals surface area contributed by atoms with Crippen LogP contribution in [0, 0.1) is 12.8 Å². The normalized spacial score (nSPS) is 18.8. The van der Waals surface area contributed by atoms with E-state index in [4.69, 9.17) is 4.98 Å². The first-order valence-electron chi connectivity index (χ1n) is 11.1. The third-order valence-electron chi connectivity index (χ3n) is 6.29. The number of hydrogen-bond acceptors (Lipinski definition) is 4. The molecule has 2 amide bonds. The van der Waals surface area contributed by atoms with Crippen molar-refractivity contribution in [1.82, 2.24) is 19.8 Å². The molecule has 7 heteroatoms. The number of carbonyl (C=O) groups is 2. The number of likely N-dealkylation sites (tertiary alicyclic amines) is 1. The summed E-state index contributed by atoms with van der Waals surface area (Å²) in [7, 11) is 0. The van der Waals surface area contributed by atoms with Crippen molar-refractivity contribution in [1.29, 1.82) is 0 Å². The maximum atomic E-state index is 12.9. The average molecular weight is 423 g/mol. The Morgan fingerprint density at radius 1 is 1.13 bits per heavy atom. The van der Waals surface area contributed by atoms with Crippen LogP contribution in [0.2, 0.25) is 0 Å². The van der Waals surface area contributed by atoms with Crippen LogP contribution in [0.25, 0.3) is 0 Å². The zero-order valence-corrected chi connectivity index (χ0v) is 18.5. The summed E-state index contributed by atoms with van der Waals surface area (Å²) in [5, 5.41) is 0. The highest BCUT2D eigenvalue weighted by molar-refractivity contribution is 5.94. The minimum absolute atomic E-state index is 0.0358. The quantitative estimate of drug-likeness (QED) is 0.824. The largest absolute Gasteiger partial charge is 0.342 e. The van der Waals surface area contributed by atoms with Crippen LogP contribution < -0.4 is 5.56 Å². The molecule has 31 heavy (non-hydrogen) atoms. The van der Waals surface area contributed by atoms with Crippen LogP contribution >= 0.6 is 0 Å². The van der Waals surface area contributed by atoms with E-state index in [0.29, 0.717) is 36.5 Å². The summed E-state index contributed by atoms with van der Waals surface area (Å²) in [5.41, 5.74) is 2.91. The summed E-state index contributed by atoms with van der Waals surface area (Å²) in [6.45, 7) is 7.97. The molecule has 164 valence electrons. The second kappa shape index (κ2) is 8.65. The van der Waals surface area contributed by atoms with Crippen LogP contribution in [0.4, 0.5) is 0 Å². The van der Waals surface area contributed by atoms with Crippen molar-refractivity contribution < 1.29 is 9.59 Å². The van der Waals surface area contributed by atoms with E-state index < -0.39 is 0 Å². The maximum absolute atomic E-state index is 12.9. The number of benzene rings is 1. The molecule has 4 rings (SSSR count). The molecule has 1 aromatic heterocycles. The minimum atomic E-state index is -0.172. The van der Waals surface area contributed by atoms with Gasteiger partial charge in [-0.2, -0.15) is 0 Å². The molecule has 1 fully saturated rings. The number of rotatable bonds is 3. The fourth-order valence-electron chi connectivity index (χ4n) is 4.46. The summed E-state index contributed by atoms with van der Waals surface area (Å²) in [4.78, 5) is 49.5. The van der Waals surface area contributed by atoms with Gasteiger partial charge >= 0.3 is 0 Å². The number of aromatic nitrogens is 2. The Morgan fingerprint density at radius 2 is 1.87 bits per heavy atom. The van der Waals surface area contributed by atoms with Crippen LogP contribution in [-0.2, 0) is 17.8 Å². The molecule has 0 unspecified atom stereocenters. The smallest absolute Gasteiger partial charge is 0.256 e. The van der Waals surface area contributed by atoms with Gasteiger partial charge in [-0.25, -0.2) is 4.98 Å². The Balaban J connectivity index is 1.52. The van der Waals surface area contributed by atoms with Gasteiger partial charge in [-0.15, -0.1) is 0 Å². The lowest BCUT2D eigenvalue weighted by molar-refractivity contribution is -0.135. The first-order chi connectivity index (χ1) is 14.8. The number of piperidine rings is 1. The van der Waals surface area contributed by atoms with Gasteiger partial charge in [-0.05, 0) is 31.9 Å². The Hall–Kier alpha value is -2.96. The van der Waals surface area contributed by atoms with Crippen LogP contribution in [0.3, 0.4) is 0 Å². The van der Waals surface area contributed by atoms with Crippen LogP contribution in [-0.4, -0.2) is 51.2 Å². The molecule has 0 saturated carbocycles. The number of hydrogen-bond donors (Lipinski definition) is 1. The van der Waals surface area contributed by atoms with Gasteiger partial charge in [0.15, 0.2) is 0 Å². The SMILES string of the molecule is Cc1ccc(C(=O)N2CCc3nc([C@@H]4CCCN(C(=O)C(C)C)C4)[nH]c(=O)c3C2)cc1. The summed E-state index contributed by atoms with van der Waals surface area (Å²) in [6.07, 6.45) is 2.37. The molecule has 1 aromatic carbocycles. The number of nitrogens with one attached hydrogen (secondary N) is 1. The van der Waals surface area contributed by atoms with Gasteiger partial charge in [0.2, 0.25) is 5.91 Å². The van der Waals surface area contributed by atoms with Crippen molar-refractivity contribution in [3.8, 4) is 0 Å². The number of aromatic amines is 1. The molecule has 2 aliphatic heterocycles. The molecule has 2 aliphatic rings. The lowest BCUT2D eigenvalue weighted by atomic mass is 9.95. The molecule has 1 atom stereocenters. The van der Waals surface area contributed by atoms with Crippen molar-refractivity contribution in [3.05, 3.63) is 62.8 Å². The highest BCUT2D eigenvalue weighted by Crippen LogP contribution is 2.26. The molecular weight excluding hydrogens is 392 g/mol. The van der Waals surface area contributed by atoms with E-state index in [0.717, 1.165) is 30.6 Å². The van der Waals surface area contributed by atoms with Gasteiger partial charge in [0.05, 0.1) is 17.8 Å². The summed E-state index contributed by atoms with van der Waals surface area (Å²) in [5.74, 6) is 0.760. The molecule has 0 spiro atoms. The lowest BCUT2D eigenvalue weighted by Crippen LogP contribution is -2.43. The van der Waals surface area contributed by atoms with Gasteiger partial charge in [0, 0.05) is 43.5 Å². The molecule has 2 aromatic rings. The Labute approximate surface area is 182 Å². The van der Waals surface area contributed by atoms with E-state index >= 15 is 0 Å². The Morgan fingerprint density at radius 3 is 2.58 bits per heavy atom. The number of amides is 2. The third kappa shape index (κ3) is 4.40. The summed E-state index contributed by atoms with van der Waals surface area (Å²) >= 11 is 0. The average Bonchev–Trinajstić information content (AvgIpc) is 2.78. The topological polar surface area (TPSA) is 86.4 Å². The number of fused-ring (bicyclic) bond motifs is 1. The zero-order chi connectivity index (χ0) is 22.1. The molecule has 3 heterocycles. The fraction of sp³-hybridized carbons (Fsp3) is 0.500. The van der Waals surface area contributed by atoms with Gasteiger partial charge < -0.3 is 14.8 Å². The third-order valence-corrected chi connectivity index (χ3v) is 6.29. The van der Waals surface area contributed by atoms with Crippen molar-refractivity contribution in [2.75, 3.05) is 19.6 Å². The van der Waals surface area contributed by atoms with E-state index in [1.165, 1.54) is 0 Å². The minimum Gasteiger partial charge on any atom is -0.342 e. The van der Waals surface area contributed by atoms with Crippen molar-refractivity contribution in [2.24, 2.45) is 5.92 Å². The van der Waals surface area contributed by atoms with Crippen molar-refractivity contribution >= 4 is 11.8 Å². The van der Waals surface area contributed by atoms with E-state index in [1.807, 2.05) is 49.9 Å². The van der Waals surface area contributed by atoms with E-state index in [-0.39, 0.29) is 35.8 Å². The molecule has 0 aliphatic carbocycles. The van der Waals surface area contributed by atoms with E-state index in [1.54, 1.807) is 4.90 Å². The molecule has 1 N–H and O–H groups in total. The van der Waals surface area contributed by atoms with Crippen LogP contribution in [0.5, 0.6) is 0 Å². The second-order valence-corrected chi connectivity index (χ2v) is 9.00.